The Morgan fingerprint density at radius 1 is 1.30 bits per heavy atom. The van der Waals surface area contributed by atoms with Gasteiger partial charge in [-0.3, -0.25) is 0 Å². The average molecular weight is 297 g/mol. The molecule has 0 spiro atoms. The Bertz CT molecular complexity index is 398. The van der Waals surface area contributed by atoms with E-state index in [1.54, 1.807) is 0 Å². The Labute approximate surface area is 126 Å². The first kappa shape index (κ1) is 15.8. The van der Waals surface area contributed by atoms with Crippen molar-refractivity contribution in [1.29, 1.82) is 0 Å². The second-order valence-corrected chi connectivity index (χ2v) is 7.50. The van der Waals surface area contributed by atoms with E-state index in [9.17, 15) is 0 Å². The van der Waals surface area contributed by atoms with Crippen molar-refractivity contribution in [3.8, 4) is 0 Å². The van der Waals surface area contributed by atoms with Gasteiger partial charge in [-0.2, -0.15) is 11.8 Å². The largest absolute Gasteiger partial charge is 0.310 e. The first-order chi connectivity index (χ1) is 9.65. The summed E-state index contributed by atoms with van der Waals surface area (Å²) in [6.45, 7) is 7.12. The maximum absolute atomic E-state index is 4.20. The third-order valence-corrected chi connectivity index (χ3v) is 5.48. The highest BCUT2D eigenvalue weighted by molar-refractivity contribution is 8.00. The monoisotopic (exact) mass is 297 g/mol. The summed E-state index contributed by atoms with van der Waals surface area (Å²) in [7, 11) is 0. The Kier molecular flexibility index (Phi) is 5.84. The van der Waals surface area contributed by atoms with Crippen LogP contribution in [-0.2, 0) is 13.1 Å². The summed E-state index contributed by atoms with van der Waals surface area (Å²) < 4.78 is 2.34. The second-order valence-electron chi connectivity index (χ2n) is 6.23. The molecule has 0 atom stereocenters. The summed E-state index contributed by atoms with van der Waals surface area (Å²) in [5.41, 5.74) is 0. The summed E-state index contributed by atoms with van der Waals surface area (Å²) >= 11 is 1.99. The van der Waals surface area contributed by atoms with E-state index in [1.165, 1.54) is 32.1 Å². The Morgan fingerprint density at radius 3 is 2.70 bits per heavy atom. The molecule has 0 unspecified atom stereocenters. The highest BCUT2D eigenvalue weighted by Gasteiger charge is 2.32. The van der Waals surface area contributed by atoms with Gasteiger partial charge in [0, 0.05) is 4.75 Å². The van der Waals surface area contributed by atoms with Gasteiger partial charge in [0.15, 0.2) is 5.82 Å². The van der Waals surface area contributed by atoms with Gasteiger partial charge in [0.05, 0.1) is 13.1 Å². The predicted molar refractivity (Wildman–Crippen MR) is 83.7 cm³/mol. The fourth-order valence-corrected chi connectivity index (χ4v) is 3.79. The normalized spacial score (nSPS) is 18.6. The molecule has 6 heteroatoms. The van der Waals surface area contributed by atoms with Crippen molar-refractivity contribution in [3.63, 3.8) is 0 Å². The van der Waals surface area contributed by atoms with Crippen molar-refractivity contribution >= 4 is 11.8 Å². The lowest BCUT2D eigenvalue weighted by Crippen LogP contribution is -2.34. The summed E-state index contributed by atoms with van der Waals surface area (Å²) in [5.74, 6) is 1.61. The topological polar surface area (TPSA) is 55.6 Å². The van der Waals surface area contributed by atoms with Crippen LogP contribution < -0.4 is 5.32 Å². The van der Waals surface area contributed by atoms with Crippen molar-refractivity contribution in [2.45, 2.75) is 63.8 Å². The molecule has 0 aliphatic heterocycles. The zero-order valence-electron chi connectivity index (χ0n) is 12.9. The fourth-order valence-electron chi connectivity index (χ4n) is 2.84. The number of tetrazole rings is 1. The molecular weight excluding hydrogens is 270 g/mol. The molecular formula is C14H27N5S. The summed E-state index contributed by atoms with van der Waals surface area (Å²) in [6.07, 6.45) is 8.85. The van der Waals surface area contributed by atoms with Crippen LogP contribution in [0.2, 0.25) is 0 Å². The number of nitrogens with zero attached hydrogens (tertiary/aromatic N) is 4. The number of aromatic nitrogens is 4. The fraction of sp³-hybridized carbons (Fsp3) is 0.929. The van der Waals surface area contributed by atoms with Crippen LogP contribution in [0, 0.1) is 5.92 Å². The molecule has 2 rings (SSSR count). The molecule has 0 radical (unpaired) electrons. The number of rotatable bonds is 7. The molecule has 114 valence electrons. The number of thioether (sulfide) groups is 1. The summed E-state index contributed by atoms with van der Waals surface area (Å²) in [6, 6.07) is 0. The van der Waals surface area contributed by atoms with Gasteiger partial charge in [-0.25, -0.2) is 4.68 Å². The average Bonchev–Trinajstić information content (AvgIpc) is 2.87. The van der Waals surface area contributed by atoms with Gasteiger partial charge >= 0.3 is 0 Å². The van der Waals surface area contributed by atoms with Gasteiger partial charge < -0.3 is 5.32 Å². The molecule has 1 aromatic heterocycles. The quantitative estimate of drug-likeness (QED) is 0.838. The first-order valence-corrected chi connectivity index (χ1v) is 8.88. The van der Waals surface area contributed by atoms with Crippen molar-refractivity contribution in [2.75, 3.05) is 12.8 Å². The van der Waals surface area contributed by atoms with E-state index in [2.05, 4.69) is 40.9 Å². The highest BCUT2D eigenvalue weighted by atomic mass is 32.2. The summed E-state index contributed by atoms with van der Waals surface area (Å²) in [5, 5.41) is 15.7. The van der Waals surface area contributed by atoms with Crippen molar-refractivity contribution in [2.24, 2.45) is 5.92 Å². The van der Waals surface area contributed by atoms with Crippen molar-refractivity contribution in [3.05, 3.63) is 5.82 Å². The molecule has 0 bridgehead atoms. The molecule has 1 heterocycles. The van der Waals surface area contributed by atoms with Gasteiger partial charge in [-0.15, -0.1) is 5.10 Å². The third-order valence-electron chi connectivity index (χ3n) is 4.08. The molecule has 1 aliphatic carbocycles. The van der Waals surface area contributed by atoms with Crippen LogP contribution in [0.4, 0.5) is 0 Å². The van der Waals surface area contributed by atoms with E-state index in [1.807, 2.05) is 16.4 Å². The van der Waals surface area contributed by atoms with E-state index in [-0.39, 0.29) is 0 Å². The molecule has 20 heavy (non-hydrogen) atoms. The molecule has 0 amide bonds. The second kappa shape index (κ2) is 7.41. The van der Waals surface area contributed by atoms with Gasteiger partial charge in [-0.05, 0) is 42.0 Å². The molecule has 1 saturated carbocycles. The molecule has 1 fully saturated rings. The maximum atomic E-state index is 4.20. The standard InChI is InChI=1S/C14H27N5S/c1-12(2)9-15-10-13-16-17-18-19(13)11-14(20-3)7-5-4-6-8-14/h12,15H,4-11H2,1-3H3. The minimum Gasteiger partial charge on any atom is -0.310 e. The molecule has 1 N–H and O–H groups in total. The van der Waals surface area contributed by atoms with E-state index < -0.39 is 0 Å². The molecule has 1 aliphatic rings. The molecule has 1 aromatic rings. The Morgan fingerprint density at radius 2 is 2.05 bits per heavy atom. The molecule has 0 aromatic carbocycles. The van der Waals surface area contributed by atoms with Crippen LogP contribution in [-0.4, -0.2) is 37.8 Å². The van der Waals surface area contributed by atoms with Crippen LogP contribution in [0.3, 0.4) is 0 Å². The zero-order chi connectivity index (χ0) is 14.4. The molecule has 0 saturated heterocycles. The van der Waals surface area contributed by atoms with E-state index in [0.717, 1.165) is 25.5 Å². The van der Waals surface area contributed by atoms with Crippen LogP contribution in [0.5, 0.6) is 0 Å². The molecule has 5 nitrogen and oxygen atoms in total. The van der Waals surface area contributed by atoms with Gasteiger partial charge in [0.2, 0.25) is 0 Å². The Hall–Kier alpha value is -0.620. The lowest BCUT2D eigenvalue weighted by atomic mass is 9.88. The minimum absolute atomic E-state index is 0.334. The van der Waals surface area contributed by atoms with Gasteiger partial charge in [-0.1, -0.05) is 33.1 Å². The zero-order valence-corrected chi connectivity index (χ0v) is 13.7. The van der Waals surface area contributed by atoms with Crippen molar-refractivity contribution < 1.29 is 0 Å². The smallest absolute Gasteiger partial charge is 0.165 e. The minimum atomic E-state index is 0.334. The predicted octanol–water partition coefficient (Wildman–Crippen LogP) is 2.48. The lowest BCUT2D eigenvalue weighted by Gasteiger charge is -2.35. The van der Waals surface area contributed by atoms with Crippen LogP contribution in [0.25, 0.3) is 0 Å². The Balaban J connectivity index is 1.96. The van der Waals surface area contributed by atoms with Gasteiger partial charge in [0.1, 0.15) is 0 Å². The van der Waals surface area contributed by atoms with Crippen LogP contribution in [0.15, 0.2) is 0 Å². The van der Waals surface area contributed by atoms with Crippen LogP contribution in [0.1, 0.15) is 51.8 Å². The number of hydrogen-bond donors (Lipinski definition) is 1. The maximum Gasteiger partial charge on any atom is 0.165 e. The third kappa shape index (κ3) is 4.19. The van der Waals surface area contributed by atoms with Crippen LogP contribution >= 0.6 is 11.8 Å². The van der Waals surface area contributed by atoms with E-state index in [4.69, 9.17) is 0 Å². The number of nitrogens with one attached hydrogen (secondary N) is 1. The lowest BCUT2D eigenvalue weighted by molar-refractivity contribution is 0.337. The number of hydrogen-bond acceptors (Lipinski definition) is 5. The van der Waals surface area contributed by atoms with Gasteiger partial charge in [0.25, 0.3) is 0 Å². The van der Waals surface area contributed by atoms with Crippen molar-refractivity contribution in [1.82, 2.24) is 25.5 Å². The first-order valence-electron chi connectivity index (χ1n) is 7.66. The summed E-state index contributed by atoms with van der Waals surface area (Å²) in [4.78, 5) is 0. The SMILES string of the molecule is CSC1(Cn2nnnc2CNCC(C)C)CCCCC1. The highest BCUT2D eigenvalue weighted by Crippen LogP contribution is 2.39. The van der Waals surface area contributed by atoms with E-state index in [0.29, 0.717) is 10.7 Å². The van der Waals surface area contributed by atoms with E-state index >= 15 is 0 Å².